The number of nitrogens with zero attached hydrogens (tertiary/aromatic N) is 1. The molecular formula is C63H41NS. The summed E-state index contributed by atoms with van der Waals surface area (Å²) in [5.41, 5.74) is 18.4. The van der Waals surface area contributed by atoms with E-state index in [9.17, 15) is 0 Å². The Hall–Kier alpha value is -7.91. The van der Waals surface area contributed by atoms with Crippen LogP contribution in [0.1, 0.15) is 44.5 Å². The Morgan fingerprint density at radius 1 is 0.308 bits per heavy atom. The van der Waals surface area contributed by atoms with Crippen molar-refractivity contribution in [3.8, 4) is 33.5 Å². The molecule has 2 aliphatic carbocycles. The van der Waals surface area contributed by atoms with Gasteiger partial charge < -0.3 is 0 Å². The van der Waals surface area contributed by atoms with Gasteiger partial charge in [-0.05, 0) is 114 Å². The summed E-state index contributed by atoms with van der Waals surface area (Å²) in [6.07, 6.45) is 1.89. The molecule has 0 saturated carbocycles. The van der Waals surface area contributed by atoms with E-state index in [1.165, 1.54) is 98.1 Å². The standard InChI is InChI=1S/C63H41NS/c1-5-17-47(18-6-1)62(48-19-7-2-8-20-48)55-39-44(42-28-30-43(31-29-42)45-32-35-52-51-25-13-14-27-58(51)65-59(52)41-45)33-36-53(55)60-61(62)54-37-34-46(57-26-15-16-38-64-57)40-56(54)63(60,49-21-9-3-10-22-49)50-23-11-4-12-24-50/h1-41H. The van der Waals surface area contributed by atoms with Gasteiger partial charge in [0.05, 0.1) is 16.5 Å². The highest BCUT2D eigenvalue weighted by molar-refractivity contribution is 7.25. The number of thiophene rings is 1. The molecule has 1 nitrogen and oxygen atoms in total. The van der Waals surface area contributed by atoms with Gasteiger partial charge in [-0.15, -0.1) is 11.3 Å². The van der Waals surface area contributed by atoms with Crippen LogP contribution in [0.2, 0.25) is 0 Å². The second kappa shape index (κ2) is 14.8. The number of aromatic nitrogens is 1. The maximum Gasteiger partial charge on any atom is 0.0717 e. The molecule has 0 fully saturated rings. The molecule has 0 spiro atoms. The van der Waals surface area contributed by atoms with Crippen LogP contribution in [0.15, 0.2) is 249 Å². The van der Waals surface area contributed by atoms with Crippen LogP contribution in [0, 0.1) is 0 Å². The molecule has 304 valence electrons. The predicted octanol–water partition coefficient (Wildman–Crippen LogP) is 16.1. The van der Waals surface area contributed by atoms with Crippen molar-refractivity contribution in [2.75, 3.05) is 0 Å². The summed E-state index contributed by atoms with van der Waals surface area (Å²) in [6, 6.07) is 90.3. The first kappa shape index (κ1) is 37.6. The minimum absolute atomic E-state index is 0.642. The van der Waals surface area contributed by atoms with Crippen LogP contribution in [-0.4, -0.2) is 4.98 Å². The molecule has 11 aromatic rings. The van der Waals surface area contributed by atoms with Gasteiger partial charge in [0, 0.05) is 31.9 Å². The lowest BCUT2D eigenvalue weighted by Gasteiger charge is -2.38. The molecule has 2 heterocycles. The summed E-state index contributed by atoms with van der Waals surface area (Å²) >= 11 is 1.87. The van der Waals surface area contributed by atoms with Gasteiger partial charge in [0.25, 0.3) is 0 Å². The van der Waals surface area contributed by atoms with Crippen molar-refractivity contribution in [2.24, 2.45) is 0 Å². The van der Waals surface area contributed by atoms with Crippen molar-refractivity contribution in [1.29, 1.82) is 0 Å². The SMILES string of the molecule is c1ccc(C2(c3ccccc3)C3=C(c4ccc(-c5ccc(-c6ccc7c(c6)sc6ccccc67)cc5)cc42)C(c2ccccc2)(c2ccccc2)c2cc(-c4ccccn4)ccc23)cc1. The third kappa shape index (κ3) is 5.54. The Morgan fingerprint density at radius 3 is 1.25 bits per heavy atom. The normalized spacial score (nSPS) is 14.3. The van der Waals surface area contributed by atoms with Crippen LogP contribution in [0.4, 0.5) is 0 Å². The Kier molecular flexibility index (Phi) is 8.59. The van der Waals surface area contributed by atoms with Gasteiger partial charge in [0.2, 0.25) is 0 Å². The molecule has 13 rings (SSSR count). The highest BCUT2D eigenvalue weighted by Crippen LogP contribution is 2.70. The summed E-state index contributed by atoms with van der Waals surface area (Å²) < 4.78 is 2.65. The fourth-order valence-corrected chi connectivity index (χ4v) is 12.5. The molecule has 0 radical (unpaired) electrons. The molecule has 0 aliphatic heterocycles. The minimum atomic E-state index is -0.643. The van der Waals surface area contributed by atoms with Gasteiger partial charge in [-0.2, -0.15) is 0 Å². The minimum Gasteiger partial charge on any atom is -0.256 e. The zero-order valence-corrected chi connectivity index (χ0v) is 36.3. The van der Waals surface area contributed by atoms with Gasteiger partial charge in [-0.3, -0.25) is 4.98 Å². The van der Waals surface area contributed by atoms with Crippen LogP contribution in [-0.2, 0) is 10.8 Å². The van der Waals surface area contributed by atoms with E-state index in [0.29, 0.717) is 0 Å². The van der Waals surface area contributed by atoms with Crippen LogP contribution >= 0.6 is 11.3 Å². The van der Waals surface area contributed by atoms with E-state index in [4.69, 9.17) is 4.98 Å². The summed E-state index contributed by atoms with van der Waals surface area (Å²) in [4.78, 5) is 4.87. The summed E-state index contributed by atoms with van der Waals surface area (Å²) in [7, 11) is 0. The number of pyridine rings is 1. The first-order valence-electron chi connectivity index (χ1n) is 22.4. The lowest BCUT2D eigenvalue weighted by atomic mass is 9.63. The van der Waals surface area contributed by atoms with Gasteiger partial charge in [0.15, 0.2) is 0 Å². The number of fused-ring (bicyclic) bond motifs is 7. The van der Waals surface area contributed by atoms with E-state index in [0.717, 1.165) is 11.3 Å². The molecule has 0 atom stereocenters. The molecular weight excluding hydrogens is 803 g/mol. The number of allylic oxidation sites excluding steroid dienone is 2. The molecule has 0 bridgehead atoms. The average Bonchev–Trinajstić information content (AvgIpc) is 4.02. The topological polar surface area (TPSA) is 12.9 Å². The fourth-order valence-electron chi connectivity index (χ4n) is 11.4. The Balaban J connectivity index is 1.07. The Morgan fingerprint density at radius 2 is 0.723 bits per heavy atom. The van der Waals surface area contributed by atoms with Crippen LogP contribution in [0.25, 0.3) is 64.8 Å². The van der Waals surface area contributed by atoms with Crippen LogP contribution in [0.3, 0.4) is 0 Å². The number of hydrogen-bond acceptors (Lipinski definition) is 2. The summed E-state index contributed by atoms with van der Waals surface area (Å²) in [6.45, 7) is 0. The molecule has 0 unspecified atom stereocenters. The Bertz CT molecular complexity index is 3530. The zero-order valence-electron chi connectivity index (χ0n) is 35.5. The third-order valence-electron chi connectivity index (χ3n) is 14.1. The number of hydrogen-bond donors (Lipinski definition) is 0. The summed E-state index contributed by atoms with van der Waals surface area (Å²) in [5.74, 6) is 0. The van der Waals surface area contributed by atoms with E-state index < -0.39 is 10.8 Å². The molecule has 0 N–H and O–H groups in total. The summed E-state index contributed by atoms with van der Waals surface area (Å²) in [5, 5.41) is 2.65. The lowest BCUT2D eigenvalue weighted by molar-refractivity contribution is 0.801. The molecule has 0 saturated heterocycles. The van der Waals surface area contributed by atoms with Crippen molar-refractivity contribution in [3.05, 3.63) is 293 Å². The van der Waals surface area contributed by atoms with Gasteiger partial charge in [0.1, 0.15) is 0 Å². The maximum absolute atomic E-state index is 4.87. The zero-order chi connectivity index (χ0) is 43.0. The van der Waals surface area contributed by atoms with E-state index in [1.54, 1.807) is 0 Å². The molecule has 9 aromatic carbocycles. The highest BCUT2D eigenvalue weighted by Gasteiger charge is 2.59. The van der Waals surface area contributed by atoms with Crippen molar-refractivity contribution >= 4 is 42.7 Å². The van der Waals surface area contributed by atoms with Crippen molar-refractivity contribution in [3.63, 3.8) is 0 Å². The first-order valence-corrected chi connectivity index (χ1v) is 23.3. The van der Waals surface area contributed by atoms with E-state index in [2.05, 4.69) is 237 Å². The number of benzene rings is 9. The average molecular weight is 844 g/mol. The fraction of sp³-hybridized carbons (Fsp3) is 0.0317. The third-order valence-corrected chi connectivity index (χ3v) is 15.2. The van der Waals surface area contributed by atoms with E-state index in [1.807, 2.05) is 23.6 Å². The highest BCUT2D eigenvalue weighted by atomic mass is 32.1. The molecule has 65 heavy (non-hydrogen) atoms. The molecule has 2 heteroatoms. The van der Waals surface area contributed by atoms with Gasteiger partial charge >= 0.3 is 0 Å². The maximum atomic E-state index is 4.87. The molecule has 0 amide bonds. The first-order chi connectivity index (χ1) is 32.2. The second-order valence-electron chi connectivity index (χ2n) is 17.3. The van der Waals surface area contributed by atoms with E-state index >= 15 is 0 Å². The molecule has 2 aliphatic rings. The number of rotatable bonds is 7. The van der Waals surface area contributed by atoms with Gasteiger partial charge in [-0.1, -0.05) is 206 Å². The predicted molar refractivity (Wildman–Crippen MR) is 272 cm³/mol. The van der Waals surface area contributed by atoms with Gasteiger partial charge in [-0.25, -0.2) is 0 Å². The van der Waals surface area contributed by atoms with Crippen molar-refractivity contribution in [2.45, 2.75) is 10.8 Å². The van der Waals surface area contributed by atoms with Crippen molar-refractivity contribution in [1.82, 2.24) is 4.98 Å². The van der Waals surface area contributed by atoms with Crippen LogP contribution in [0.5, 0.6) is 0 Å². The molecule has 2 aromatic heterocycles. The Labute approximate surface area is 383 Å². The van der Waals surface area contributed by atoms with Crippen molar-refractivity contribution < 1.29 is 0 Å². The lowest BCUT2D eigenvalue weighted by Crippen LogP contribution is -2.30. The second-order valence-corrected chi connectivity index (χ2v) is 18.4. The monoisotopic (exact) mass is 843 g/mol. The van der Waals surface area contributed by atoms with Crippen LogP contribution < -0.4 is 0 Å². The smallest absolute Gasteiger partial charge is 0.0717 e. The van der Waals surface area contributed by atoms with E-state index in [-0.39, 0.29) is 0 Å². The largest absolute Gasteiger partial charge is 0.256 e. The quantitative estimate of drug-likeness (QED) is 0.156.